The number of aromatic amines is 1. The molecule has 0 fully saturated rings. The zero-order chi connectivity index (χ0) is 9.68. The highest BCUT2D eigenvalue weighted by molar-refractivity contribution is 5.02. The number of nitrogens with one attached hydrogen (secondary N) is 2. The second-order valence-corrected chi connectivity index (χ2v) is 2.90. The summed E-state index contributed by atoms with van der Waals surface area (Å²) in [5.74, 6) is 6.14. The molecule has 0 aliphatic carbocycles. The Hall–Kier alpha value is -1.20. The summed E-state index contributed by atoms with van der Waals surface area (Å²) >= 11 is 0. The third-order valence-electron chi connectivity index (χ3n) is 1.96. The first-order valence-corrected chi connectivity index (χ1v) is 4.26. The predicted molar refractivity (Wildman–Crippen MR) is 50.5 cm³/mol. The van der Waals surface area contributed by atoms with Gasteiger partial charge in [0.2, 0.25) is 0 Å². The summed E-state index contributed by atoms with van der Waals surface area (Å²) in [4.78, 5) is 4.02. The van der Waals surface area contributed by atoms with Gasteiger partial charge in [-0.2, -0.15) is 5.10 Å². The summed E-state index contributed by atoms with van der Waals surface area (Å²) in [6.07, 6.45) is 3.20. The van der Waals surface area contributed by atoms with E-state index in [2.05, 4.69) is 34.1 Å². The van der Waals surface area contributed by atoms with Crippen LogP contribution in [0.25, 0.3) is 0 Å². The predicted octanol–water partition coefficient (Wildman–Crippen LogP) is 0.665. The third kappa shape index (κ3) is 2.64. The average Bonchev–Trinajstić information content (AvgIpc) is 2.66. The molecule has 1 aromatic heterocycles. The number of H-pyrrole nitrogens is 1. The van der Waals surface area contributed by atoms with Crippen LogP contribution in [0.3, 0.4) is 0 Å². The van der Waals surface area contributed by atoms with E-state index in [0.29, 0.717) is 0 Å². The first-order valence-electron chi connectivity index (χ1n) is 4.26. The Bertz CT molecular complexity index is 254. The molecule has 1 atom stereocenters. The summed E-state index contributed by atoms with van der Waals surface area (Å²) in [5, 5.41) is 6.54. The summed E-state index contributed by atoms with van der Waals surface area (Å²) in [7, 11) is 0. The highest BCUT2D eigenvalue weighted by atomic mass is 15.3. The van der Waals surface area contributed by atoms with Crippen LogP contribution in [0.15, 0.2) is 18.5 Å². The van der Waals surface area contributed by atoms with Gasteiger partial charge in [-0.25, -0.2) is 10.4 Å². The highest BCUT2D eigenvalue weighted by Crippen LogP contribution is 2.16. The Morgan fingerprint density at radius 1 is 1.85 bits per heavy atom. The van der Waals surface area contributed by atoms with E-state index in [9.17, 15) is 0 Å². The third-order valence-corrected chi connectivity index (χ3v) is 1.96. The van der Waals surface area contributed by atoms with Gasteiger partial charge in [0.05, 0.1) is 6.04 Å². The summed E-state index contributed by atoms with van der Waals surface area (Å²) in [6, 6.07) is -0.0186. The van der Waals surface area contributed by atoms with E-state index < -0.39 is 0 Å². The number of hydrogen-bond donors (Lipinski definition) is 3. The van der Waals surface area contributed by atoms with E-state index in [4.69, 9.17) is 5.84 Å². The van der Waals surface area contributed by atoms with Crippen molar-refractivity contribution in [2.24, 2.45) is 5.84 Å². The van der Waals surface area contributed by atoms with Crippen LogP contribution in [0.4, 0.5) is 0 Å². The van der Waals surface area contributed by atoms with Crippen molar-refractivity contribution in [1.29, 1.82) is 0 Å². The minimum Gasteiger partial charge on any atom is -0.271 e. The van der Waals surface area contributed by atoms with E-state index in [0.717, 1.165) is 24.2 Å². The van der Waals surface area contributed by atoms with Crippen LogP contribution in [-0.4, -0.2) is 15.2 Å². The van der Waals surface area contributed by atoms with Crippen LogP contribution in [-0.2, 0) is 0 Å². The highest BCUT2D eigenvalue weighted by Gasteiger charge is 2.12. The minimum absolute atomic E-state index is 0.0186. The van der Waals surface area contributed by atoms with E-state index in [1.807, 2.05) is 0 Å². The SMILES string of the molecule is C=C(CC)CC(NN)c1ncn[nH]1. The van der Waals surface area contributed by atoms with Gasteiger partial charge in [0.15, 0.2) is 0 Å². The molecule has 1 rings (SSSR count). The summed E-state index contributed by atoms with van der Waals surface area (Å²) in [5.41, 5.74) is 3.81. The molecule has 1 heterocycles. The van der Waals surface area contributed by atoms with Crippen molar-refractivity contribution in [1.82, 2.24) is 20.6 Å². The molecule has 0 amide bonds. The van der Waals surface area contributed by atoms with E-state index in [-0.39, 0.29) is 6.04 Å². The molecule has 5 heteroatoms. The van der Waals surface area contributed by atoms with E-state index in [1.165, 1.54) is 6.33 Å². The van der Waals surface area contributed by atoms with Crippen LogP contribution in [0.5, 0.6) is 0 Å². The van der Waals surface area contributed by atoms with Crippen LogP contribution >= 0.6 is 0 Å². The monoisotopic (exact) mass is 181 g/mol. The number of nitrogens with zero attached hydrogens (tertiary/aromatic N) is 2. The number of rotatable bonds is 5. The van der Waals surface area contributed by atoms with Gasteiger partial charge in [-0.05, 0) is 12.8 Å². The zero-order valence-electron chi connectivity index (χ0n) is 7.75. The molecule has 4 N–H and O–H groups in total. The second kappa shape index (κ2) is 4.74. The van der Waals surface area contributed by atoms with Crippen molar-refractivity contribution in [3.8, 4) is 0 Å². The van der Waals surface area contributed by atoms with Gasteiger partial charge in [-0.1, -0.05) is 19.1 Å². The van der Waals surface area contributed by atoms with Gasteiger partial charge in [0.1, 0.15) is 12.2 Å². The largest absolute Gasteiger partial charge is 0.271 e. The Labute approximate surface area is 77.4 Å². The standard InChI is InChI=1S/C8H15N5/c1-3-6(2)4-7(12-9)8-10-5-11-13-8/h5,7,12H,2-4,9H2,1H3,(H,10,11,13). The fraction of sp³-hybridized carbons (Fsp3) is 0.500. The maximum absolute atomic E-state index is 5.39. The first-order chi connectivity index (χ1) is 6.27. The smallest absolute Gasteiger partial charge is 0.143 e. The van der Waals surface area contributed by atoms with Crippen LogP contribution in [0.1, 0.15) is 31.6 Å². The Balaban J connectivity index is 2.58. The molecule has 0 saturated carbocycles. The fourth-order valence-corrected chi connectivity index (χ4v) is 1.05. The molecule has 13 heavy (non-hydrogen) atoms. The molecule has 0 saturated heterocycles. The van der Waals surface area contributed by atoms with Crippen molar-refractivity contribution in [2.45, 2.75) is 25.8 Å². The lowest BCUT2D eigenvalue weighted by molar-refractivity contribution is 0.518. The van der Waals surface area contributed by atoms with Crippen LogP contribution in [0.2, 0.25) is 0 Å². The lowest BCUT2D eigenvalue weighted by Crippen LogP contribution is -2.29. The van der Waals surface area contributed by atoms with Crippen LogP contribution in [0, 0.1) is 0 Å². The maximum Gasteiger partial charge on any atom is 0.143 e. The molecular weight excluding hydrogens is 166 g/mol. The molecular formula is C8H15N5. The van der Waals surface area contributed by atoms with Gasteiger partial charge < -0.3 is 0 Å². The molecule has 0 radical (unpaired) electrons. The summed E-state index contributed by atoms with van der Waals surface area (Å²) < 4.78 is 0. The Kier molecular flexibility index (Phi) is 3.60. The van der Waals surface area contributed by atoms with Crippen molar-refractivity contribution >= 4 is 0 Å². The molecule has 0 aliphatic heterocycles. The number of hydrogen-bond acceptors (Lipinski definition) is 4. The number of nitrogens with two attached hydrogens (primary N) is 1. The molecule has 1 unspecified atom stereocenters. The first kappa shape index (κ1) is 9.88. The number of aromatic nitrogens is 3. The van der Waals surface area contributed by atoms with Gasteiger partial charge >= 0.3 is 0 Å². The van der Waals surface area contributed by atoms with Crippen molar-refractivity contribution in [2.75, 3.05) is 0 Å². The lowest BCUT2D eigenvalue weighted by Gasteiger charge is -2.13. The average molecular weight is 181 g/mol. The van der Waals surface area contributed by atoms with Crippen LogP contribution < -0.4 is 11.3 Å². The Morgan fingerprint density at radius 3 is 3.08 bits per heavy atom. The van der Waals surface area contributed by atoms with Gasteiger partial charge in [0, 0.05) is 0 Å². The number of hydrazine groups is 1. The fourth-order valence-electron chi connectivity index (χ4n) is 1.05. The maximum atomic E-state index is 5.39. The van der Waals surface area contributed by atoms with Crippen molar-refractivity contribution < 1.29 is 0 Å². The van der Waals surface area contributed by atoms with Crippen molar-refractivity contribution in [3.05, 3.63) is 24.3 Å². The summed E-state index contributed by atoms with van der Waals surface area (Å²) in [6.45, 7) is 5.98. The minimum atomic E-state index is -0.0186. The normalized spacial score (nSPS) is 12.8. The molecule has 5 nitrogen and oxygen atoms in total. The Morgan fingerprint density at radius 2 is 2.62 bits per heavy atom. The molecule has 0 spiro atoms. The van der Waals surface area contributed by atoms with E-state index in [1.54, 1.807) is 0 Å². The van der Waals surface area contributed by atoms with E-state index >= 15 is 0 Å². The van der Waals surface area contributed by atoms with Gasteiger partial charge in [-0.15, -0.1) is 0 Å². The van der Waals surface area contributed by atoms with Gasteiger partial charge in [0.25, 0.3) is 0 Å². The molecule has 0 bridgehead atoms. The molecule has 1 aromatic rings. The molecule has 0 aromatic carbocycles. The van der Waals surface area contributed by atoms with Crippen molar-refractivity contribution in [3.63, 3.8) is 0 Å². The quantitative estimate of drug-likeness (QED) is 0.354. The van der Waals surface area contributed by atoms with Gasteiger partial charge in [-0.3, -0.25) is 10.9 Å². The topological polar surface area (TPSA) is 79.6 Å². The molecule has 72 valence electrons. The molecule has 0 aliphatic rings. The lowest BCUT2D eigenvalue weighted by atomic mass is 10.1. The second-order valence-electron chi connectivity index (χ2n) is 2.90. The zero-order valence-corrected chi connectivity index (χ0v) is 7.75.